The van der Waals surface area contributed by atoms with E-state index in [0.29, 0.717) is 0 Å². The lowest BCUT2D eigenvalue weighted by Crippen LogP contribution is -2.02. The molecular formula is C37H24N2S2. The molecule has 0 aliphatic carbocycles. The topological polar surface area (TPSA) is 17.0 Å². The molecule has 0 saturated heterocycles. The Labute approximate surface area is 245 Å². The molecule has 1 atom stereocenters. The summed E-state index contributed by atoms with van der Waals surface area (Å²) in [6, 6.07) is 48.5. The molecule has 3 heterocycles. The third kappa shape index (κ3) is 3.51. The van der Waals surface area contributed by atoms with Crippen LogP contribution in [0.4, 0.5) is 5.69 Å². The van der Waals surface area contributed by atoms with Crippen LogP contribution < -0.4 is 5.32 Å². The number of para-hydroxylation sites is 2. The normalized spacial score (nSPS) is 14.7. The maximum atomic E-state index is 3.88. The molecule has 2 nitrogen and oxygen atoms in total. The molecule has 1 unspecified atom stereocenters. The fourth-order valence-electron chi connectivity index (χ4n) is 6.37. The van der Waals surface area contributed by atoms with Gasteiger partial charge in [0.05, 0.1) is 16.7 Å². The fourth-order valence-corrected chi connectivity index (χ4v) is 8.97. The Morgan fingerprint density at radius 1 is 0.610 bits per heavy atom. The molecule has 1 aliphatic rings. The zero-order valence-corrected chi connectivity index (χ0v) is 23.7. The number of rotatable bonds is 3. The molecule has 0 saturated carbocycles. The molecule has 6 aromatic carbocycles. The minimum atomic E-state index is 0.157. The Morgan fingerprint density at radius 2 is 1.24 bits per heavy atom. The summed E-state index contributed by atoms with van der Waals surface area (Å²) >= 11 is 3.84. The van der Waals surface area contributed by atoms with Crippen molar-refractivity contribution in [3.63, 3.8) is 0 Å². The van der Waals surface area contributed by atoms with Crippen LogP contribution in [0.1, 0.15) is 10.9 Å². The van der Waals surface area contributed by atoms with Crippen molar-refractivity contribution in [2.24, 2.45) is 0 Å². The Balaban J connectivity index is 1.15. The van der Waals surface area contributed by atoms with Gasteiger partial charge in [-0.3, -0.25) is 0 Å². The van der Waals surface area contributed by atoms with Gasteiger partial charge < -0.3 is 9.88 Å². The van der Waals surface area contributed by atoms with Crippen molar-refractivity contribution in [2.75, 3.05) is 5.32 Å². The number of hydrogen-bond acceptors (Lipinski definition) is 3. The lowest BCUT2D eigenvalue weighted by molar-refractivity contribution is 1.12. The molecule has 0 spiro atoms. The maximum Gasteiger partial charge on any atom is 0.103 e. The van der Waals surface area contributed by atoms with Crippen LogP contribution in [0, 0.1) is 0 Å². The Kier molecular flexibility index (Phi) is 5.10. The van der Waals surface area contributed by atoms with Crippen molar-refractivity contribution >= 4 is 70.8 Å². The van der Waals surface area contributed by atoms with Crippen molar-refractivity contribution in [2.45, 2.75) is 10.3 Å². The summed E-state index contributed by atoms with van der Waals surface area (Å²) in [5.74, 6) is 0. The smallest absolute Gasteiger partial charge is 0.103 e. The zero-order valence-electron chi connectivity index (χ0n) is 22.0. The summed E-state index contributed by atoms with van der Waals surface area (Å²) in [6.07, 6.45) is 0. The lowest BCUT2D eigenvalue weighted by atomic mass is 10.0. The molecule has 194 valence electrons. The standard InChI is InChI=1S/C37H24N2S2/c1-2-10-23(11-3-1)29-22-30-36(34-28-14-6-9-17-33(28)40-35(29)34)41-37(38-30)24-18-20-25(21-19-24)39-31-15-7-4-12-26(31)27-13-5-8-16-32(27)39/h1-22,37-38H. The molecule has 0 amide bonds. The molecular weight excluding hydrogens is 537 g/mol. The largest absolute Gasteiger partial charge is 0.368 e. The highest BCUT2D eigenvalue weighted by molar-refractivity contribution is 8.00. The molecule has 4 heteroatoms. The number of fused-ring (bicyclic) bond motifs is 8. The molecule has 8 aromatic rings. The van der Waals surface area contributed by atoms with E-state index in [9.17, 15) is 0 Å². The van der Waals surface area contributed by atoms with Gasteiger partial charge in [0.25, 0.3) is 0 Å². The predicted octanol–water partition coefficient (Wildman–Crippen LogP) is 11.0. The number of aromatic nitrogens is 1. The second kappa shape index (κ2) is 9.00. The average molecular weight is 561 g/mol. The number of thioether (sulfide) groups is 1. The SMILES string of the molecule is c1ccc(-c2cc3c(c4c2sc2ccccc24)SC(c2ccc(-n4c5ccccc5c5ccccc54)cc2)N3)cc1. The highest BCUT2D eigenvalue weighted by atomic mass is 32.2. The van der Waals surface area contributed by atoms with Crippen LogP contribution in [-0.4, -0.2) is 4.57 Å². The minimum absolute atomic E-state index is 0.157. The van der Waals surface area contributed by atoms with Gasteiger partial charge in [0.15, 0.2) is 0 Å². The van der Waals surface area contributed by atoms with Gasteiger partial charge in [-0.1, -0.05) is 109 Å². The van der Waals surface area contributed by atoms with Crippen molar-refractivity contribution in [1.82, 2.24) is 4.57 Å². The summed E-state index contributed by atoms with van der Waals surface area (Å²) in [6.45, 7) is 0. The number of thiophene rings is 1. The lowest BCUT2D eigenvalue weighted by Gasteiger charge is -2.13. The monoisotopic (exact) mass is 560 g/mol. The number of benzene rings is 6. The number of hydrogen-bond donors (Lipinski definition) is 1. The van der Waals surface area contributed by atoms with Gasteiger partial charge in [0.2, 0.25) is 0 Å². The van der Waals surface area contributed by atoms with E-state index < -0.39 is 0 Å². The van der Waals surface area contributed by atoms with Gasteiger partial charge in [-0.15, -0.1) is 11.3 Å². The molecule has 41 heavy (non-hydrogen) atoms. The highest BCUT2D eigenvalue weighted by Crippen LogP contribution is 2.55. The van der Waals surface area contributed by atoms with Crippen LogP contribution in [0.25, 0.3) is 58.8 Å². The van der Waals surface area contributed by atoms with Crippen LogP contribution in [0.3, 0.4) is 0 Å². The number of anilines is 1. The van der Waals surface area contributed by atoms with Crippen molar-refractivity contribution in [3.8, 4) is 16.8 Å². The van der Waals surface area contributed by atoms with E-state index in [4.69, 9.17) is 0 Å². The van der Waals surface area contributed by atoms with Crippen molar-refractivity contribution in [3.05, 3.63) is 139 Å². The van der Waals surface area contributed by atoms with Crippen LogP contribution in [0.2, 0.25) is 0 Å². The molecule has 1 N–H and O–H groups in total. The van der Waals surface area contributed by atoms with Crippen LogP contribution >= 0.6 is 23.1 Å². The van der Waals surface area contributed by atoms with E-state index in [1.807, 2.05) is 23.1 Å². The molecule has 0 bridgehead atoms. The van der Waals surface area contributed by atoms with Crippen LogP contribution in [0.15, 0.2) is 138 Å². The summed E-state index contributed by atoms with van der Waals surface area (Å²) < 4.78 is 5.09. The van der Waals surface area contributed by atoms with Gasteiger partial charge in [-0.05, 0) is 47.5 Å². The van der Waals surface area contributed by atoms with E-state index in [0.717, 1.165) is 0 Å². The van der Waals surface area contributed by atoms with Crippen molar-refractivity contribution in [1.29, 1.82) is 0 Å². The van der Waals surface area contributed by atoms with E-state index in [-0.39, 0.29) is 5.37 Å². The molecule has 0 fully saturated rings. The second-order valence-corrected chi connectivity index (χ2v) is 12.7. The Bertz CT molecular complexity index is 2210. The first-order chi connectivity index (χ1) is 20.3. The van der Waals surface area contributed by atoms with E-state index in [1.165, 1.54) is 74.9 Å². The summed E-state index contributed by atoms with van der Waals surface area (Å²) in [7, 11) is 0. The number of nitrogens with one attached hydrogen (secondary N) is 1. The van der Waals surface area contributed by atoms with Gasteiger partial charge in [-0.25, -0.2) is 0 Å². The molecule has 0 radical (unpaired) electrons. The van der Waals surface area contributed by atoms with Gasteiger partial charge in [0.1, 0.15) is 5.37 Å². The molecule has 2 aromatic heterocycles. The first-order valence-electron chi connectivity index (χ1n) is 13.9. The predicted molar refractivity (Wildman–Crippen MR) is 178 cm³/mol. The Morgan fingerprint density at radius 3 is 1.98 bits per heavy atom. The maximum absolute atomic E-state index is 3.88. The summed E-state index contributed by atoms with van der Waals surface area (Å²) in [5.41, 5.74) is 8.73. The number of nitrogens with zero attached hydrogens (tertiary/aromatic N) is 1. The third-order valence-corrected chi connectivity index (χ3v) is 10.7. The van der Waals surface area contributed by atoms with Crippen molar-refractivity contribution < 1.29 is 0 Å². The first kappa shape index (κ1) is 23.2. The van der Waals surface area contributed by atoms with Crippen LogP contribution in [0.5, 0.6) is 0 Å². The first-order valence-corrected chi connectivity index (χ1v) is 15.6. The second-order valence-electron chi connectivity index (χ2n) is 10.6. The molecule has 9 rings (SSSR count). The average Bonchev–Trinajstić information content (AvgIpc) is 3.73. The molecule has 1 aliphatic heterocycles. The highest BCUT2D eigenvalue weighted by Gasteiger charge is 2.28. The van der Waals surface area contributed by atoms with Gasteiger partial charge >= 0.3 is 0 Å². The third-order valence-electron chi connectivity index (χ3n) is 8.24. The van der Waals surface area contributed by atoms with E-state index >= 15 is 0 Å². The zero-order chi connectivity index (χ0) is 26.9. The minimum Gasteiger partial charge on any atom is -0.368 e. The van der Waals surface area contributed by atoms with Crippen LogP contribution in [-0.2, 0) is 0 Å². The van der Waals surface area contributed by atoms with E-state index in [1.54, 1.807) is 0 Å². The Hall–Kier alpha value is -4.51. The fraction of sp³-hybridized carbons (Fsp3) is 0.0270. The van der Waals surface area contributed by atoms with Gasteiger partial charge in [0, 0.05) is 47.1 Å². The summed E-state index contributed by atoms with van der Waals surface area (Å²) in [5, 5.41) is 9.34. The van der Waals surface area contributed by atoms with E-state index in [2.05, 4.69) is 143 Å². The van der Waals surface area contributed by atoms with Gasteiger partial charge in [-0.2, -0.15) is 0 Å². The summed E-state index contributed by atoms with van der Waals surface area (Å²) in [4.78, 5) is 1.36. The quantitative estimate of drug-likeness (QED) is 0.231.